The van der Waals surface area contributed by atoms with Crippen molar-refractivity contribution in [3.05, 3.63) is 71.5 Å². The summed E-state index contributed by atoms with van der Waals surface area (Å²) in [5.41, 5.74) is 1.59. The molecule has 2 aromatic carbocycles. The Bertz CT molecular complexity index is 933. The van der Waals surface area contributed by atoms with Gasteiger partial charge in [0.15, 0.2) is 0 Å². The topological polar surface area (TPSA) is 108 Å². The van der Waals surface area contributed by atoms with Gasteiger partial charge >= 0.3 is 6.03 Å². The van der Waals surface area contributed by atoms with Crippen LogP contribution in [0.5, 0.6) is 0 Å². The lowest BCUT2D eigenvalue weighted by molar-refractivity contribution is -0.138. The van der Waals surface area contributed by atoms with Crippen LogP contribution in [0.4, 0.5) is 9.18 Å². The summed E-state index contributed by atoms with van der Waals surface area (Å²) in [5, 5.41) is 5.46. The smallest absolute Gasteiger partial charge is 0.343 e. The first-order valence-electron chi connectivity index (χ1n) is 8.37. The predicted molar refractivity (Wildman–Crippen MR) is 96.0 cm³/mol. The number of hydrazine groups is 1. The maximum atomic E-state index is 12.9. The minimum Gasteiger partial charge on any atom is -0.343 e. The average molecular weight is 384 g/mol. The van der Waals surface area contributed by atoms with Gasteiger partial charge in [-0.05, 0) is 36.8 Å². The van der Waals surface area contributed by atoms with Gasteiger partial charge in [0, 0.05) is 5.56 Å². The van der Waals surface area contributed by atoms with E-state index < -0.39 is 41.7 Å². The molecule has 28 heavy (non-hydrogen) atoms. The highest BCUT2D eigenvalue weighted by atomic mass is 19.1. The van der Waals surface area contributed by atoms with Gasteiger partial charge in [-0.15, -0.1) is 0 Å². The molecule has 0 saturated carbocycles. The molecule has 0 aliphatic carbocycles. The summed E-state index contributed by atoms with van der Waals surface area (Å²) in [6, 6.07) is 12.6. The molecule has 1 unspecified atom stereocenters. The van der Waals surface area contributed by atoms with Crippen LogP contribution in [0, 0.1) is 5.82 Å². The fourth-order valence-corrected chi connectivity index (χ4v) is 2.74. The fraction of sp³-hybridized carbons (Fsp3) is 0.158. The summed E-state index contributed by atoms with van der Waals surface area (Å²) < 4.78 is 12.9. The highest BCUT2D eigenvalue weighted by Gasteiger charge is 2.49. The van der Waals surface area contributed by atoms with E-state index in [1.54, 1.807) is 30.3 Å². The summed E-state index contributed by atoms with van der Waals surface area (Å²) >= 11 is 0. The number of nitrogens with zero attached hydrogens (tertiary/aromatic N) is 1. The van der Waals surface area contributed by atoms with E-state index in [1.165, 1.54) is 19.1 Å². The summed E-state index contributed by atoms with van der Waals surface area (Å²) in [6.45, 7) is 1.06. The Morgan fingerprint density at radius 1 is 1.07 bits per heavy atom. The highest BCUT2D eigenvalue weighted by Crippen LogP contribution is 2.27. The van der Waals surface area contributed by atoms with E-state index >= 15 is 0 Å². The molecule has 0 radical (unpaired) electrons. The second-order valence-electron chi connectivity index (χ2n) is 6.29. The van der Waals surface area contributed by atoms with E-state index in [0.29, 0.717) is 10.6 Å². The quantitative estimate of drug-likeness (QED) is 0.670. The first-order valence-corrected chi connectivity index (χ1v) is 8.37. The van der Waals surface area contributed by atoms with Gasteiger partial charge in [-0.1, -0.05) is 30.3 Å². The zero-order chi connectivity index (χ0) is 20.3. The molecule has 2 aromatic rings. The van der Waals surface area contributed by atoms with Crippen molar-refractivity contribution in [3.8, 4) is 0 Å². The van der Waals surface area contributed by atoms with E-state index in [4.69, 9.17) is 0 Å². The van der Waals surface area contributed by atoms with Gasteiger partial charge < -0.3 is 10.6 Å². The second kappa shape index (κ2) is 7.47. The summed E-state index contributed by atoms with van der Waals surface area (Å²) in [5.74, 6) is -2.51. The second-order valence-corrected chi connectivity index (χ2v) is 6.29. The molecular weight excluding hydrogens is 367 g/mol. The van der Waals surface area contributed by atoms with E-state index in [0.717, 1.165) is 12.1 Å². The van der Waals surface area contributed by atoms with Crippen molar-refractivity contribution in [3.63, 3.8) is 0 Å². The van der Waals surface area contributed by atoms with Gasteiger partial charge in [-0.2, -0.15) is 5.01 Å². The molecule has 0 aromatic heterocycles. The number of imide groups is 1. The number of nitrogens with one attached hydrogen (secondary N) is 3. The van der Waals surface area contributed by atoms with Gasteiger partial charge in [0.05, 0.1) is 6.54 Å². The molecule has 1 atom stereocenters. The molecule has 1 heterocycles. The van der Waals surface area contributed by atoms with Crippen LogP contribution in [-0.4, -0.2) is 35.3 Å². The Balaban J connectivity index is 1.61. The molecule has 5 amide bonds. The number of benzene rings is 2. The number of carbonyl (C=O) groups is 4. The molecular formula is C19H17FN4O4. The number of hydrogen-bond acceptors (Lipinski definition) is 4. The van der Waals surface area contributed by atoms with Crippen molar-refractivity contribution in [2.75, 3.05) is 6.54 Å². The minimum absolute atomic E-state index is 0.167. The van der Waals surface area contributed by atoms with E-state index in [1.807, 2.05) is 0 Å². The summed E-state index contributed by atoms with van der Waals surface area (Å²) in [6.07, 6.45) is 0. The Kier molecular flexibility index (Phi) is 5.08. The van der Waals surface area contributed by atoms with Crippen LogP contribution in [0.3, 0.4) is 0 Å². The lowest BCUT2D eigenvalue weighted by Gasteiger charge is -2.22. The van der Waals surface area contributed by atoms with Gasteiger partial charge in [-0.3, -0.25) is 19.8 Å². The number of amides is 5. The molecule has 1 saturated heterocycles. The zero-order valence-corrected chi connectivity index (χ0v) is 14.9. The molecule has 3 N–H and O–H groups in total. The van der Waals surface area contributed by atoms with Gasteiger partial charge in [-0.25, -0.2) is 9.18 Å². The number of halogens is 1. The maximum absolute atomic E-state index is 12.9. The first kappa shape index (κ1) is 19.0. The van der Waals surface area contributed by atoms with Crippen LogP contribution in [0.2, 0.25) is 0 Å². The molecule has 9 heteroatoms. The highest BCUT2D eigenvalue weighted by molar-refractivity contribution is 6.08. The third kappa shape index (κ3) is 3.68. The predicted octanol–water partition coefficient (Wildman–Crippen LogP) is 1.05. The summed E-state index contributed by atoms with van der Waals surface area (Å²) in [4.78, 5) is 48.8. The third-order valence-electron chi connectivity index (χ3n) is 4.29. The first-order chi connectivity index (χ1) is 13.3. The Morgan fingerprint density at radius 3 is 2.36 bits per heavy atom. The van der Waals surface area contributed by atoms with Crippen molar-refractivity contribution in [2.45, 2.75) is 12.5 Å². The largest absolute Gasteiger partial charge is 0.344 e. The van der Waals surface area contributed by atoms with Crippen molar-refractivity contribution in [2.24, 2.45) is 0 Å². The molecule has 1 fully saturated rings. The molecule has 1 aliphatic heterocycles. The van der Waals surface area contributed by atoms with Crippen LogP contribution in [-0.2, 0) is 15.1 Å². The van der Waals surface area contributed by atoms with Gasteiger partial charge in [0.25, 0.3) is 17.7 Å². The lowest BCUT2D eigenvalue weighted by atomic mass is 9.92. The summed E-state index contributed by atoms with van der Waals surface area (Å²) in [7, 11) is 0. The minimum atomic E-state index is -1.32. The van der Waals surface area contributed by atoms with Crippen LogP contribution in [0.25, 0.3) is 0 Å². The molecule has 1 aliphatic rings. The Morgan fingerprint density at radius 2 is 1.71 bits per heavy atom. The molecule has 144 valence electrons. The number of carbonyl (C=O) groups excluding carboxylic acids is 4. The van der Waals surface area contributed by atoms with Crippen molar-refractivity contribution in [1.82, 2.24) is 21.1 Å². The van der Waals surface area contributed by atoms with Gasteiger partial charge in [0.1, 0.15) is 11.4 Å². The van der Waals surface area contributed by atoms with Crippen molar-refractivity contribution < 1.29 is 23.6 Å². The Hall–Kier alpha value is -3.75. The van der Waals surface area contributed by atoms with Gasteiger partial charge in [0.2, 0.25) is 0 Å². The number of rotatable bonds is 5. The van der Waals surface area contributed by atoms with Crippen LogP contribution in [0.15, 0.2) is 54.6 Å². The van der Waals surface area contributed by atoms with Crippen LogP contribution < -0.4 is 16.1 Å². The zero-order valence-electron chi connectivity index (χ0n) is 14.9. The average Bonchev–Trinajstić information content (AvgIpc) is 2.91. The maximum Gasteiger partial charge on any atom is 0.344 e. The SMILES string of the molecule is CC1(c2ccccc2)NC(=O)N(NC(=O)CNC(=O)c2ccc(F)cc2)C1=O. The molecule has 3 rings (SSSR count). The standard InChI is InChI=1S/C19H17FN4O4/c1-19(13-5-3-2-4-6-13)17(27)24(18(28)22-19)23-15(25)11-21-16(26)12-7-9-14(20)10-8-12/h2-10H,11H2,1H3,(H,21,26)(H,22,28)(H,23,25). The molecule has 0 spiro atoms. The molecule has 0 bridgehead atoms. The van der Waals surface area contributed by atoms with Crippen LogP contribution in [0.1, 0.15) is 22.8 Å². The molecule has 8 nitrogen and oxygen atoms in total. The monoisotopic (exact) mass is 384 g/mol. The fourth-order valence-electron chi connectivity index (χ4n) is 2.74. The number of urea groups is 1. The van der Waals surface area contributed by atoms with Crippen molar-refractivity contribution >= 4 is 23.8 Å². The van der Waals surface area contributed by atoms with E-state index in [9.17, 15) is 23.6 Å². The lowest BCUT2D eigenvalue weighted by Crippen LogP contribution is -2.50. The van der Waals surface area contributed by atoms with Crippen LogP contribution >= 0.6 is 0 Å². The van der Waals surface area contributed by atoms with E-state index in [2.05, 4.69) is 16.1 Å². The number of hydrogen-bond donors (Lipinski definition) is 3. The Labute approximate surface area is 159 Å². The normalized spacial score (nSPS) is 18.6. The van der Waals surface area contributed by atoms with E-state index in [-0.39, 0.29) is 5.56 Å². The van der Waals surface area contributed by atoms with Crippen molar-refractivity contribution in [1.29, 1.82) is 0 Å². The third-order valence-corrected chi connectivity index (χ3v) is 4.29.